The van der Waals surface area contributed by atoms with Gasteiger partial charge in [0.2, 0.25) is 5.89 Å². The zero-order chi connectivity index (χ0) is 23.2. The van der Waals surface area contributed by atoms with E-state index in [0.29, 0.717) is 35.0 Å². The van der Waals surface area contributed by atoms with Crippen LogP contribution >= 0.6 is 12.2 Å². The number of rotatable bonds is 7. The van der Waals surface area contributed by atoms with Crippen LogP contribution in [-0.4, -0.2) is 27.1 Å². The van der Waals surface area contributed by atoms with Gasteiger partial charge in [0, 0.05) is 23.9 Å². The molecule has 2 aromatic carbocycles. The van der Waals surface area contributed by atoms with Crippen molar-refractivity contribution < 1.29 is 13.9 Å². The van der Waals surface area contributed by atoms with Crippen LogP contribution < -0.4 is 15.4 Å². The molecule has 0 aliphatic heterocycles. The summed E-state index contributed by atoms with van der Waals surface area (Å²) in [7, 11) is 0. The summed E-state index contributed by atoms with van der Waals surface area (Å²) in [5.74, 6) is 0.887. The van der Waals surface area contributed by atoms with Crippen molar-refractivity contribution in [2.75, 3.05) is 0 Å². The molecule has 8 heteroatoms. The summed E-state index contributed by atoms with van der Waals surface area (Å²) >= 11 is 5.28. The highest BCUT2D eigenvalue weighted by Gasteiger charge is 2.11. The van der Waals surface area contributed by atoms with Crippen molar-refractivity contribution >= 4 is 34.5 Å². The summed E-state index contributed by atoms with van der Waals surface area (Å²) in [6, 6.07) is 18.4. The Kier molecular flexibility index (Phi) is 6.95. The molecule has 0 radical (unpaired) electrons. The highest BCUT2D eigenvalue weighted by molar-refractivity contribution is 7.80. The van der Waals surface area contributed by atoms with Gasteiger partial charge in [-0.1, -0.05) is 25.1 Å². The lowest BCUT2D eigenvalue weighted by atomic mass is 10.1. The topological polar surface area (TPSA) is 89.3 Å². The third kappa shape index (κ3) is 5.72. The van der Waals surface area contributed by atoms with Crippen molar-refractivity contribution in [1.82, 2.24) is 20.6 Å². The molecule has 1 atom stereocenters. The quantitative estimate of drug-likeness (QED) is 0.380. The fraction of sp³-hybridized carbons (Fsp3) is 0.200. The fourth-order valence-electron chi connectivity index (χ4n) is 3.09. The molecule has 0 fully saturated rings. The molecule has 4 rings (SSSR count). The SMILES string of the molecule is CCC(C)Oc1cccc(C(=O)NC(=S)NCc2ccc(-c3nc4ncccc4o3)cc2)c1. The number of nitrogens with zero attached hydrogens (tertiary/aromatic N) is 2. The Labute approximate surface area is 197 Å². The second-order valence-electron chi connectivity index (χ2n) is 7.54. The number of benzene rings is 2. The number of hydrogen-bond acceptors (Lipinski definition) is 6. The first kappa shape index (κ1) is 22.4. The molecule has 1 amide bonds. The standard InChI is InChI=1S/C25H24N4O3S/c1-3-16(2)31-20-7-4-6-19(14-20)23(30)29-25(33)27-15-17-9-11-18(12-10-17)24-28-22-21(32-24)8-5-13-26-22/h4-14,16H,3,15H2,1-2H3,(H2,27,29,30,33). The number of carbonyl (C=O) groups is 1. The summed E-state index contributed by atoms with van der Waals surface area (Å²) in [5.41, 5.74) is 3.56. The number of carbonyl (C=O) groups excluding carboxylic acids is 1. The van der Waals surface area contributed by atoms with E-state index >= 15 is 0 Å². The molecule has 0 aliphatic carbocycles. The molecule has 33 heavy (non-hydrogen) atoms. The summed E-state index contributed by atoms with van der Waals surface area (Å²) in [6.07, 6.45) is 2.65. The number of ether oxygens (including phenoxy) is 1. The molecule has 4 aromatic rings. The van der Waals surface area contributed by atoms with Crippen LogP contribution in [0.15, 0.2) is 71.3 Å². The van der Waals surface area contributed by atoms with Crippen LogP contribution in [0.1, 0.15) is 36.2 Å². The number of pyridine rings is 1. The predicted molar refractivity (Wildman–Crippen MR) is 131 cm³/mol. The molecule has 0 bridgehead atoms. The third-order valence-electron chi connectivity index (χ3n) is 5.05. The van der Waals surface area contributed by atoms with E-state index in [1.165, 1.54) is 0 Å². The zero-order valence-electron chi connectivity index (χ0n) is 18.4. The van der Waals surface area contributed by atoms with Gasteiger partial charge in [0.1, 0.15) is 5.75 Å². The lowest BCUT2D eigenvalue weighted by Gasteiger charge is -2.14. The highest BCUT2D eigenvalue weighted by Crippen LogP contribution is 2.23. The van der Waals surface area contributed by atoms with Gasteiger partial charge in [-0.15, -0.1) is 0 Å². The number of fused-ring (bicyclic) bond motifs is 1. The minimum absolute atomic E-state index is 0.0803. The van der Waals surface area contributed by atoms with Crippen LogP contribution in [0.4, 0.5) is 0 Å². The minimum atomic E-state index is -0.290. The predicted octanol–water partition coefficient (Wildman–Crippen LogP) is 4.87. The molecular formula is C25H24N4O3S. The van der Waals surface area contributed by atoms with Gasteiger partial charge in [0.25, 0.3) is 5.91 Å². The number of aromatic nitrogens is 2. The van der Waals surface area contributed by atoms with Crippen LogP contribution in [0.2, 0.25) is 0 Å². The lowest BCUT2D eigenvalue weighted by Crippen LogP contribution is -2.38. The maximum absolute atomic E-state index is 12.5. The van der Waals surface area contributed by atoms with Crippen molar-refractivity contribution in [1.29, 1.82) is 0 Å². The Balaban J connectivity index is 1.31. The fourth-order valence-corrected chi connectivity index (χ4v) is 3.25. The number of thiocarbonyl (C=S) groups is 1. The molecular weight excluding hydrogens is 436 g/mol. The monoisotopic (exact) mass is 460 g/mol. The van der Waals surface area contributed by atoms with Crippen molar-refractivity contribution in [2.45, 2.75) is 32.9 Å². The highest BCUT2D eigenvalue weighted by atomic mass is 32.1. The van der Waals surface area contributed by atoms with Gasteiger partial charge in [-0.3, -0.25) is 10.1 Å². The Bertz CT molecular complexity index is 1240. The van der Waals surface area contributed by atoms with Crippen LogP contribution in [-0.2, 0) is 6.54 Å². The molecule has 0 spiro atoms. The maximum Gasteiger partial charge on any atom is 0.257 e. The van der Waals surface area contributed by atoms with E-state index in [-0.39, 0.29) is 17.1 Å². The van der Waals surface area contributed by atoms with E-state index in [2.05, 4.69) is 20.6 Å². The number of amides is 1. The van der Waals surface area contributed by atoms with E-state index in [9.17, 15) is 4.79 Å². The second-order valence-corrected chi connectivity index (χ2v) is 7.95. The van der Waals surface area contributed by atoms with Gasteiger partial charge in [-0.25, -0.2) is 4.98 Å². The summed E-state index contributed by atoms with van der Waals surface area (Å²) < 4.78 is 11.5. The largest absolute Gasteiger partial charge is 0.491 e. The second kappa shape index (κ2) is 10.2. The van der Waals surface area contributed by atoms with Crippen LogP contribution in [0, 0.1) is 0 Å². The van der Waals surface area contributed by atoms with E-state index in [1.54, 1.807) is 24.4 Å². The van der Waals surface area contributed by atoms with Gasteiger partial charge in [0.15, 0.2) is 16.3 Å². The van der Waals surface area contributed by atoms with E-state index in [1.807, 2.05) is 56.3 Å². The zero-order valence-corrected chi connectivity index (χ0v) is 19.2. The lowest BCUT2D eigenvalue weighted by molar-refractivity contribution is 0.0975. The first-order valence-electron chi connectivity index (χ1n) is 10.7. The molecule has 0 saturated carbocycles. The van der Waals surface area contributed by atoms with Crippen molar-refractivity contribution in [3.63, 3.8) is 0 Å². The summed E-state index contributed by atoms with van der Waals surface area (Å²) in [4.78, 5) is 21.1. The van der Waals surface area contributed by atoms with Gasteiger partial charge in [0.05, 0.1) is 6.10 Å². The molecule has 168 valence electrons. The summed E-state index contributed by atoms with van der Waals surface area (Å²) in [5, 5.41) is 6.01. The third-order valence-corrected chi connectivity index (χ3v) is 5.30. The average molecular weight is 461 g/mol. The smallest absolute Gasteiger partial charge is 0.257 e. The molecule has 0 saturated heterocycles. The molecule has 2 N–H and O–H groups in total. The maximum atomic E-state index is 12.5. The van der Waals surface area contributed by atoms with Crippen molar-refractivity contribution in [3.8, 4) is 17.2 Å². The minimum Gasteiger partial charge on any atom is -0.491 e. The van der Waals surface area contributed by atoms with Gasteiger partial charge in [-0.2, -0.15) is 4.98 Å². The molecule has 2 heterocycles. The molecule has 2 aromatic heterocycles. The average Bonchev–Trinajstić information content (AvgIpc) is 3.27. The van der Waals surface area contributed by atoms with E-state index in [0.717, 1.165) is 17.5 Å². The van der Waals surface area contributed by atoms with Gasteiger partial charge < -0.3 is 14.5 Å². The van der Waals surface area contributed by atoms with Crippen molar-refractivity contribution in [3.05, 3.63) is 78.0 Å². The summed E-state index contributed by atoms with van der Waals surface area (Å²) in [6.45, 7) is 4.50. The Morgan fingerprint density at radius 1 is 1.15 bits per heavy atom. The number of nitrogens with one attached hydrogen (secondary N) is 2. The van der Waals surface area contributed by atoms with Crippen LogP contribution in [0.5, 0.6) is 5.75 Å². The number of hydrogen-bond donors (Lipinski definition) is 2. The Morgan fingerprint density at radius 2 is 1.97 bits per heavy atom. The van der Waals surface area contributed by atoms with Crippen LogP contribution in [0.25, 0.3) is 22.7 Å². The van der Waals surface area contributed by atoms with E-state index in [4.69, 9.17) is 21.4 Å². The van der Waals surface area contributed by atoms with Crippen molar-refractivity contribution in [2.24, 2.45) is 0 Å². The van der Waals surface area contributed by atoms with Gasteiger partial charge in [-0.05, 0) is 73.6 Å². The Hall–Kier alpha value is -3.78. The van der Waals surface area contributed by atoms with Crippen LogP contribution in [0.3, 0.4) is 0 Å². The molecule has 7 nitrogen and oxygen atoms in total. The number of oxazole rings is 1. The molecule has 1 unspecified atom stereocenters. The molecule has 0 aliphatic rings. The first-order valence-corrected chi connectivity index (χ1v) is 11.1. The van der Waals surface area contributed by atoms with Gasteiger partial charge >= 0.3 is 0 Å². The first-order chi connectivity index (χ1) is 16.0. The normalized spacial score (nSPS) is 11.7. The van der Waals surface area contributed by atoms with E-state index < -0.39 is 0 Å². The Morgan fingerprint density at radius 3 is 2.73 bits per heavy atom.